The summed E-state index contributed by atoms with van der Waals surface area (Å²) < 4.78 is 117. The summed E-state index contributed by atoms with van der Waals surface area (Å²) in [7, 11) is -18.0. The minimum absolute atomic E-state index is 0. The zero-order chi connectivity index (χ0) is 13.5. The Bertz CT molecular complexity index is 96.8. The average molecular weight is 337 g/mol. The van der Waals surface area contributed by atoms with Crippen molar-refractivity contribution in [1.82, 2.24) is 0 Å². The van der Waals surface area contributed by atoms with Crippen LogP contribution in [0.3, 0.4) is 0 Å². The van der Waals surface area contributed by atoms with E-state index >= 15 is 0 Å². The second kappa shape index (κ2) is 12.3. The maximum atomic E-state index is 9.75. The second-order valence-corrected chi connectivity index (χ2v) is 1.48. The molecule has 0 aromatic carbocycles. The Balaban J connectivity index is -0.0000000400. The summed E-state index contributed by atoms with van der Waals surface area (Å²) in [6.45, 7) is 0. The molecule has 0 amide bonds. The van der Waals surface area contributed by atoms with Gasteiger partial charge >= 0.3 is 73.1 Å². The first-order valence-electron chi connectivity index (χ1n) is 2.62. The van der Waals surface area contributed by atoms with Crippen molar-refractivity contribution in [3.05, 3.63) is 0 Å². The summed E-state index contributed by atoms with van der Waals surface area (Å²) in [4.78, 5) is 0. The molecule has 0 spiro atoms. The zero-order valence-corrected chi connectivity index (χ0v) is 7.49. The van der Waals surface area contributed by atoms with E-state index in [0.717, 1.165) is 0 Å². The second-order valence-electron chi connectivity index (χ2n) is 1.48. The zero-order valence-electron chi connectivity index (χ0n) is 6.68. The van der Waals surface area contributed by atoms with Gasteiger partial charge in [-0.05, 0) is 0 Å². The number of halogens is 13. The molecule has 0 nitrogen and oxygen atoms in total. The van der Waals surface area contributed by atoms with Crippen LogP contribution in [0.5, 0.6) is 0 Å². The molecule has 0 unspecified atom stereocenters. The van der Waals surface area contributed by atoms with Crippen LogP contribution in [0.25, 0.3) is 0 Å². The van der Waals surface area contributed by atoms with Crippen LogP contribution in [0.15, 0.2) is 0 Å². The van der Waals surface area contributed by atoms with Crippen molar-refractivity contribution in [2.24, 2.45) is 0 Å². The van der Waals surface area contributed by atoms with Gasteiger partial charge in [0.25, 0.3) is 0 Å². The topological polar surface area (TPSA) is 0 Å². The van der Waals surface area contributed by atoms with Crippen LogP contribution in [-0.4, -0.2) is 73.1 Å². The van der Waals surface area contributed by atoms with E-state index < -0.39 is 21.8 Å². The fourth-order valence-electron chi connectivity index (χ4n) is 0. The van der Waals surface area contributed by atoms with Crippen LogP contribution in [0, 0.1) is 0 Å². The third-order valence-electron chi connectivity index (χ3n) is 0. The number of rotatable bonds is 0. The van der Waals surface area contributed by atoms with Crippen LogP contribution in [0.2, 0.25) is 0 Å². The molecule has 0 radical (unpaired) electrons. The predicted octanol–water partition coefficient (Wildman–Crippen LogP) is 3.67. The fourth-order valence-corrected chi connectivity index (χ4v) is 0. The Kier molecular flexibility index (Phi) is 22.4. The Morgan fingerprint density at radius 1 is 0.353 bits per heavy atom. The third kappa shape index (κ3) is 2460. The molecule has 0 bridgehead atoms. The molecule has 17 heteroatoms. The Morgan fingerprint density at radius 3 is 0.353 bits per heavy atom. The molecule has 106 valence electrons. The quantitative estimate of drug-likeness (QED) is 0.467. The van der Waals surface area contributed by atoms with Crippen molar-refractivity contribution in [1.29, 1.82) is 0 Å². The van der Waals surface area contributed by atoms with E-state index in [-0.39, 0.29) is 63.8 Å². The summed E-state index contributed by atoms with van der Waals surface area (Å²) in [5, 5.41) is 0. The van der Waals surface area contributed by atoms with Crippen LogP contribution >= 0.6 is 12.4 Å². The fraction of sp³-hybridized carbons (Fsp3) is 0. The SMILES string of the molecule is Cl.F[B-](F)(F)F.F[B-](F)(F)F.F[B-](F)(F)F.[KH]. The Morgan fingerprint density at radius 2 is 0.353 bits per heavy atom. The van der Waals surface area contributed by atoms with Crippen LogP contribution in [-0.2, 0) is 0 Å². The van der Waals surface area contributed by atoms with Crippen LogP contribution < -0.4 is 0 Å². The molecule has 0 saturated carbocycles. The molecule has 0 saturated heterocycles. The number of hydrogen-bond acceptors (Lipinski definition) is 0. The van der Waals surface area contributed by atoms with E-state index in [2.05, 4.69) is 0 Å². The van der Waals surface area contributed by atoms with Crippen molar-refractivity contribution in [3.8, 4) is 0 Å². The van der Waals surface area contributed by atoms with Gasteiger partial charge in [-0.3, -0.25) is 0 Å². The van der Waals surface area contributed by atoms with E-state index in [1.807, 2.05) is 0 Å². The van der Waals surface area contributed by atoms with Crippen molar-refractivity contribution in [2.45, 2.75) is 0 Å². The van der Waals surface area contributed by atoms with Crippen molar-refractivity contribution >= 4 is 85.6 Å². The van der Waals surface area contributed by atoms with Crippen LogP contribution in [0.4, 0.5) is 51.8 Å². The molecular weight excluding hydrogens is 335 g/mol. The molecule has 0 heterocycles. The van der Waals surface area contributed by atoms with Crippen LogP contribution in [0.1, 0.15) is 0 Å². The van der Waals surface area contributed by atoms with Gasteiger partial charge in [-0.15, -0.1) is 12.4 Å². The van der Waals surface area contributed by atoms with Crippen molar-refractivity contribution in [2.75, 3.05) is 0 Å². The van der Waals surface area contributed by atoms with Gasteiger partial charge in [0.15, 0.2) is 0 Å². The van der Waals surface area contributed by atoms with Gasteiger partial charge in [-0.1, -0.05) is 0 Å². The van der Waals surface area contributed by atoms with Gasteiger partial charge in [0, 0.05) is 0 Å². The molecule has 0 fully saturated rings. The molecule has 0 aliphatic rings. The molecule has 0 N–H and O–H groups in total. The van der Waals surface area contributed by atoms with Crippen molar-refractivity contribution in [3.63, 3.8) is 0 Å². The molecule has 0 aromatic heterocycles. The summed E-state index contributed by atoms with van der Waals surface area (Å²) in [6.07, 6.45) is 0. The summed E-state index contributed by atoms with van der Waals surface area (Å²) in [6, 6.07) is 0. The van der Waals surface area contributed by atoms with E-state index in [1.54, 1.807) is 0 Å². The molecule has 17 heavy (non-hydrogen) atoms. The van der Waals surface area contributed by atoms with E-state index in [4.69, 9.17) is 0 Å². The van der Waals surface area contributed by atoms with E-state index in [0.29, 0.717) is 0 Å². The van der Waals surface area contributed by atoms with Crippen molar-refractivity contribution < 1.29 is 51.8 Å². The van der Waals surface area contributed by atoms with Gasteiger partial charge in [-0.25, -0.2) is 0 Å². The molecule has 0 aliphatic carbocycles. The molecule has 0 atom stereocenters. The predicted molar refractivity (Wildman–Crippen MR) is 45.0 cm³/mol. The van der Waals surface area contributed by atoms with Gasteiger partial charge in [0.1, 0.15) is 0 Å². The Labute approximate surface area is 136 Å². The van der Waals surface area contributed by atoms with E-state index in [9.17, 15) is 51.8 Å². The third-order valence-corrected chi connectivity index (χ3v) is 0. The first kappa shape index (κ1) is 31.0. The first-order chi connectivity index (χ1) is 6.00. The average Bonchev–Trinajstić information content (AvgIpc) is 1.41. The summed E-state index contributed by atoms with van der Waals surface area (Å²) >= 11 is 0. The maximum absolute atomic E-state index is 9.75. The number of hydrogen-bond donors (Lipinski definition) is 0. The molecule has 0 rings (SSSR count). The Hall–Kier alpha value is 1.28. The molecule has 0 aliphatic heterocycles. The monoisotopic (exact) mass is 337 g/mol. The summed E-state index contributed by atoms with van der Waals surface area (Å²) in [5.74, 6) is 0. The standard InChI is InChI=1S/3BF4.ClH.K.H/c3*2-1(3,4)5;;;/h;;;1H;;/q3*-1;;;. The van der Waals surface area contributed by atoms with Gasteiger partial charge < -0.3 is 51.8 Å². The minimum atomic E-state index is -6.00. The molecule has 0 aromatic rings. The molecular formula is H2B3ClF12K-3. The summed E-state index contributed by atoms with van der Waals surface area (Å²) in [5.41, 5.74) is 0. The van der Waals surface area contributed by atoms with Gasteiger partial charge in [0.05, 0.1) is 0 Å². The van der Waals surface area contributed by atoms with Gasteiger partial charge in [0.2, 0.25) is 0 Å². The normalized spacial score (nSPS) is 10.6. The van der Waals surface area contributed by atoms with E-state index in [1.165, 1.54) is 0 Å². The first-order valence-corrected chi connectivity index (χ1v) is 2.62. The van der Waals surface area contributed by atoms with Gasteiger partial charge in [-0.2, -0.15) is 0 Å².